The molecule has 0 saturated carbocycles. The molecule has 0 N–H and O–H groups in total. The van der Waals surface area contributed by atoms with Crippen LogP contribution in [0, 0.1) is 5.82 Å². The molecule has 8 heteroatoms. The summed E-state index contributed by atoms with van der Waals surface area (Å²) in [5.74, 6) is 0.215. The maximum atomic E-state index is 13.8. The molecule has 5 nitrogen and oxygen atoms in total. The van der Waals surface area contributed by atoms with Gasteiger partial charge in [-0.2, -0.15) is 4.68 Å². The van der Waals surface area contributed by atoms with Crippen LogP contribution in [0.1, 0.15) is 5.56 Å². The van der Waals surface area contributed by atoms with Gasteiger partial charge in [-0.05, 0) is 58.5 Å². The van der Waals surface area contributed by atoms with Gasteiger partial charge in [-0.15, -0.1) is 5.10 Å². The van der Waals surface area contributed by atoms with Gasteiger partial charge in [0, 0.05) is 22.4 Å². The van der Waals surface area contributed by atoms with E-state index in [4.69, 9.17) is 11.6 Å². The number of hydrogen-bond donors (Lipinski definition) is 0. The molecule has 2 aromatic heterocycles. The summed E-state index contributed by atoms with van der Waals surface area (Å²) in [4.78, 5) is 4.36. The second kappa shape index (κ2) is 6.78. The lowest BCUT2D eigenvalue weighted by Gasteiger charge is -2.07. The van der Waals surface area contributed by atoms with Crippen molar-refractivity contribution in [2.45, 2.75) is 10.9 Å². The van der Waals surface area contributed by atoms with Crippen LogP contribution in [0.25, 0.3) is 16.6 Å². The Labute approximate surface area is 151 Å². The molecule has 0 aliphatic heterocycles. The summed E-state index contributed by atoms with van der Waals surface area (Å²) in [6.45, 7) is 0. The number of rotatable bonds is 4. The van der Waals surface area contributed by atoms with Crippen LogP contribution in [-0.2, 0) is 5.75 Å². The smallest absolute Gasteiger partial charge is 0.214 e. The Bertz CT molecular complexity index is 1030. The van der Waals surface area contributed by atoms with Crippen molar-refractivity contribution >= 4 is 34.3 Å². The van der Waals surface area contributed by atoms with E-state index in [1.165, 1.54) is 23.9 Å². The minimum Gasteiger partial charge on any atom is -0.256 e. The van der Waals surface area contributed by atoms with Crippen LogP contribution in [0.4, 0.5) is 4.39 Å². The number of tetrazole rings is 1. The van der Waals surface area contributed by atoms with Crippen molar-refractivity contribution in [2.24, 2.45) is 0 Å². The van der Waals surface area contributed by atoms with Gasteiger partial charge in [-0.3, -0.25) is 4.98 Å². The molecule has 0 aliphatic carbocycles. The summed E-state index contributed by atoms with van der Waals surface area (Å²) in [6, 6.07) is 13.8. The Balaban J connectivity index is 1.63. The molecule has 25 heavy (non-hydrogen) atoms. The molecule has 0 unspecified atom stereocenters. The normalized spacial score (nSPS) is 11.1. The van der Waals surface area contributed by atoms with Crippen molar-refractivity contribution in [1.82, 2.24) is 25.2 Å². The number of halogens is 2. The molecule has 0 bridgehead atoms. The van der Waals surface area contributed by atoms with Crippen molar-refractivity contribution < 1.29 is 4.39 Å². The number of hydrogen-bond acceptors (Lipinski definition) is 5. The summed E-state index contributed by atoms with van der Waals surface area (Å²) in [7, 11) is 0. The first-order valence-corrected chi connectivity index (χ1v) is 8.77. The monoisotopic (exact) mass is 371 g/mol. The van der Waals surface area contributed by atoms with Crippen LogP contribution in [0.2, 0.25) is 5.02 Å². The van der Waals surface area contributed by atoms with Crippen LogP contribution < -0.4 is 0 Å². The van der Waals surface area contributed by atoms with E-state index in [-0.39, 0.29) is 5.82 Å². The summed E-state index contributed by atoms with van der Waals surface area (Å²) in [5.41, 5.74) is 2.38. The topological polar surface area (TPSA) is 56.5 Å². The zero-order valence-corrected chi connectivity index (χ0v) is 14.4. The number of thioether (sulfide) groups is 1. The number of aromatic nitrogens is 5. The van der Waals surface area contributed by atoms with Crippen molar-refractivity contribution in [3.63, 3.8) is 0 Å². The van der Waals surface area contributed by atoms with Gasteiger partial charge in [-0.1, -0.05) is 29.4 Å². The van der Waals surface area contributed by atoms with Crippen LogP contribution >= 0.6 is 23.4 Å². The number of benzene rings is 2. The Morgan fingerprint density at radius 2 is 1.96 bits per heavy atom. The van der Waals surface area contributed by atoms with E-state index >= 15 is 0 Å². The first kappa shape index (κ1) is 16.0. The predicted molar refractivity (Wildman–Crippen MR) is 95.4 cm³/mol. The number of pyridine rings is 1. The molecule has 4 aromatic rings. The van der Waals surface area contributed by atoms with E-state index in [1.54, 1.807) is 29.1 Å². The first-order valence-electron chi connectivity index (χ1n) is 7.41. The third-order valence-corrected chi connectivity index (χ3v) is 4.84. The second-order valence-electron chi connectivity index (χ2n) is 5.28. The van der Waals surface area contributed by atoms with Gasteiger partial charge in [0.25, 0.3) is 0 Å². The van der Waals surface area contributed by atoms with Gasteiger partial charge in [0.1, 0.15) is 5.82 Å². The molecule has 4 rings (SSSR count). The van der Waals surface area contributed by atoms with E-state index in [1.807, 2.05) is 18.2 Å². The summed E-state index contributed by atoms with van der Waals surface area (Å²) in [5, 5.41) is 13.8. The van der Waals surface area contributed by atoms with Gasteiger partial charge in [0.05, 0.1) is 11.2 Å². The number of nitrogens with zero attached hydrogens (tertiary/aromatic N) is 5. The minimum atomic E-state index is -0.284. The fourth-order valence-corrected chi connectivity index (χ4v) is 3.48. The molecule has 0 atom stereocenters. The highest BCUT2D eigenvalue weighted by atomic mass is 35.5. The van der Waals surface area contributed by atoms with Gasteiger partial charge < -0.3 is 0 Å². The van der Waals surface area contributed by atoms with Crippen LogP contribution in [0.3, 0.4) is 0 Å². The lowest BCUT2D eigenvalue weighted by Crippen LogP contribution is -1.99. The van der Waals surface area contributed by atoms with Crippen LogP contribution in [0.5, 0.6) is 0 Å². The molecule has 0 spiro atoms. The highest BCUT2D eigenvalue weighted by molar-refractivity contribution is 7.98. The fraction of sp³-hybridized carbons (Fsp3) is 0.0588. The third-order valence-electron chi connectivity index (χ3n) is 3.62. The highest BCUT2D eigenvalue weighted by Gasteiger charge is 2.12. The minimum absolute atomic E-state index is 0.284. The Hall–Kier alpha value is -2.51. The Morgan fingerprint density at radius 3 is 2.80 bits per heavy atom. The van der Waals surface area contributed by atoms with Crippen molar-refractivity contribution in [2.75, 3.05) is 0 Å². The van der Waals surface area contributed by atoms with Gasteiger partial charge in [0.15, 0.2) is 0 Å². The lowest BCUT2D eigenvalue weighted by atomic mass is 10.1. The fourth-order valence-electron chi connectivity index (χ4n) is 2.49. The molecule has 2 heterocycles. The standard InChI is InChI=1S/C17H11ClFN5S/c18-13-3-5-15(6-4-13)24-17(21-22-23-24)25-10-12-9-14(19)8-11-2-1-7-20-16(11)12/h1-9H,10H2. The second-order valence-corrected chi connectivity index (χ2v) is 6.66. The van der Waals surface area contributed by atoms with E-state index in [2.05, 4.69) is 20.5 Å². The zero-order chi connectivity index (χ0) is 17.2. The highest BCUT2D eigenvalue weighted by Crippen LogP contribution is 2.27. The summed E-state index contributed by atoms with van der Waals surface area (Å²) < 4.78 is 15.5. The molecule has 0 radical (unpaired) electrons. The maximum absolute atomic E-state index is 13.8. The molecule has 2 aromatic carbocycles. The first-order chi connectivity index (χ1) is 12.2. The molecule has 0 saturated heterocycles. The van der Waals surface area contributed by atoms with Crippen molar-refractivity contribution in [3.8, 4) is 5.69 Å². The Morgan fingerprint density at radius 1 is 1.12 bits per heavy atom. The average Bonchev–Trinajstić information content (AvgIpc) is 3.08. The molecule has 0 aliphatic rings. The van der Waals surface area contributed by atoms with Crippen LogP contribution in [0.15, 0.2) is 59.9 Å². The molecular formula is C17H11ClFN5S. The average molecular weight is 372 g/mol. The van der Waals surface area contributed by atoms with Crippen molar-refractivity contribution in [3.05, 3.63) is 71.1 Å². The SMILES string of the molecule is Fc1cc(CSc2nnnn2-c2ccc(Cl)cc2)c2ncccc2c1. The molecule has 124 valence electrons. The van der Waals surface area contributed by atoms with Gasteiger partial charge >= 0.3 is 0 Å². The summed E-state index contributed by atoms with van der Waals surface area (Å²) in [6.07, 6.45) is 1.70. The van der Waals surface area contributed by atoms with Crippen LogP contribution in [-0.4, -0.2) is 25.2 Å². The quantitative estimate of drug-likeness (QED) is 0.501. The maximum Gasteiger partial charge on any atom is 0.214 e. The van der Waals surface area contributed by atoms with Gasteiger partial charge in [0.2, 0.25) is 5.16 Å². The van der Waals surface area contributed by atoms with E-state index in [0.717, 1.165) is 22.2 Å². The van der Waals surface area contributed by atoms with Crippen molar-refractivity contribution in [1.29, 1.82) is 0 Å². The molecular weight excluding hydrogens is 361 g/mol. The van der Waals surface area contributed by atoms with E-state index in [0.29, 0.717) is 15.9 Å². The Kier molecular flexibility index (Phi) is 4.33. The molecule has 0 fully saturated rings. The summed E-state index contributed by atoms with van der Waals surface area (Å²) >= 11 is 7.33. The largest absolute Gasteiger partial charge is 0.256 e. The lowest BCUT2D eigenvalue weighted by molar-refractivity contribution is 0.628. The van der Waals surface area contributed by atoms with E-state index < -0.39 is 0 Å². The predicted octanol–water partition coefficient (Wildman–Crippen LogP) is 4.30. The number of fused-ring (bicyclic) bond motifs is 1. The third kappa shape index (κ3) is 3.33. The van der Waals surface area contributed by atoms with E-state index in [9.17, 15) is 4.39 Å². The van der Waals surface area contributed by atoms with Gasteiger partial charge in [-0.25, -0.2) is 4.39 Å². The zero-order valence-electron chi connectivity index (χ0n) is 12.8. The molecule has 0 amide bonds.